The van der Waals surface area contributed by atoms with E-state index in [0.717, 1.165) is 18.5 Å². The van der Waals surface area contributed by atoms with Crippen LogP contribution >= 0.6 is 0 Å². The van der Waals surface area contributed by atoms with E-state index >= 15 is 0 Å². The van der Waals surface area contributed by atoms with Crippen LogP contribution in [0.2, 0.25) is 0 Å². The number of hydrogen-bond donors (Lipinski definition) is 3. The number of phenolic OH excluding ortho intramolecular Hbond substituents is 1. The fraction of sp³-hybridized carbons (Fsp3) is 0.500. The third-order valence-corrected chi connectivity index (χ3v) is 3.58. The van der Waals surface area contributed by atoms with Gasteiger partial charge < -0.3 is 15.7 Å². The zero-order valence-corrected chi connectivity index (χ0v) is 10.9. The molecule has 3 N–H and O–H groups in total. The summed E-state index contributed by atoms with van der Waals surface area (Å²) in [6.07, 6.45) is 0.880. The van der Waals surface area contributed by atoms with E-state index < -0.39 is 0 Å². The molecule has 1 fully saturated rings. The highest BCUT2D eigenvalue weighted by molar-refractivity contribution is 5.94. The van der Waals surface area contributed by atoms with Gasteiger partial charge in [-0.15, -0.1) is 0 Å². The second-order valence-electron chi connectivity index (χ2n) is 4.94. The highest BCUT2D eigenvalue weighted by Gasteiger charge is 2.29. The van der Waals surface area contributed by atoms with Crippen LogP contribution < -0.4 is 10.6 Å². The lowest BCUT2D eigenvalue weighted by Gasteiger charge is -2.15. The van der Waals surface area contributed by atoms with Crippen LogP contribution in [0, 0.1) is 11.8 Å². The molecule has 2 atom stereocenters. The molecule has 2 rings (SSSR count). The summed E-state index contributed by atoms with van der Waals surface area (Å²) < 4.78 is 0. The van der Waals surface area contributed by atoms with Crippen molar-refractivity contribution < 1.29 is 9.90 Å². The Balaban J connectivity index is 2.11. The average Bonchev–Trinajstić information content (AvgIpc) is 2.78. The summed E-state index contributed by atoms with van der Waals surface area (Å²) in [6, 6.07) is 5.33. The Hall–Kier alpha value is -1.55. The molecule has 1 aromatic rings. The number of rotatable bonds is 3. The molecule has 1 aliphatic rings. The lowest BCUT2D eigenvalue weighted by Crippen LogP contribution is -2.27. The Kier molecular flexibility index (Phi) is 3.87. The Labute approximate surface area is 107 Å². The van der Waals surface area contributed by atoms with Gasteiger partial charge in [-0.2, -0.15) is 0 Å². The predicted octanol–water partition coefficient (Wildman–Crippen LogP) is 1.75. The molecule has 1 aromatic carbocycles. The smallest absolute Gasteiger partial charge is 0.229 e. The summed E-state index contributed by atoms with van der Waals surface area (Å²) in [5.74, 6) is 0.423. The van der Waals surface area contributed by atoms with Crippen molar-refractivity contribution in [3.8, 4) is 5.75 Å². The largest absolute Gasteiger partial charge is 0.506 e. The van der Waals surface area contributed by atoms with Gasteiger partial charge in [0.2, 0.25) is 5.91 Å². The molecule has 98 valence electrons. The van der Waals surface area contributed by atoms with Gasteiger partial charge in [0, 0.05) is 6.54 Å². The van der Waals surface area contributed by atoms with Gasteiger partial charge >= 0.3 is 0 Å². The number of anilines is 1. The van der Waals surface area contributed by atoms with Crippen molar-refractivity contribution in [2.24, 2.45) is 11.8 Å². The molecule has 0 bridgehead atoms. The van der Waals surface area contributed by atoms with E-state index in [9.17, 15) is 9.90 Å². The van der Waals surface area contributed by atoms with E-state index in [1.165, 1.54) is 0 Å². The number of carbonyl (C=O) groups excluding carboxylic acids is 1. The van der Waals surface area contributed by atoms with Crippen molar-refractivity contribution in [2.75, 3.05) is 18.4 Å². The van der Waals surface area contributed by atoms with Crippen molar-refractivity contribution in [2.45, 2.75) is 20.3 Å². The van der Waals surface area contributed by atoms with E-state index in [2.05, 4.69) is 17.6 Å². The minimum absolute atomic E-state index is 0.0175. The first-order valence-electron chi connectivity index (χ1n) is 6.45. The number of aromatic hydroxyl groups is 1. The molecule has 1 aliphatic heterocycles. The van der Waals surface area contributed by atoms with E-state index in [4.69, 9.17) is 0 Å². The van der Waals surface area contributed by atoms with Crippen LogP contribution in [0.3, 0.4) is 0 Å². The molecular weight excluding hydrogens is 228 g/mol. The molecule has 1 saturated heterocycles. The maximum atomic E-state index is 12.1. The van der Waals surface area contributed by atoms with Gasteiger partial charge in [-0.1, -0.05) is 19.9 Å². The summed E-state index contributed by atoms with van der Waals surface area (Å²) >= 11 is 0. The quantitative estimate of drug-likeness (QED) is 0.714. The fourth-order valence-corrected chi connectivity index (χ4v) is 2.29. The zero-order chi connectivity index (χ0) is 13.1. The molecule has 0 aromatic heterocycles. The Morgan fingerprint density at radius 3 is 2.89 bits per heavy atom. The lowest BCUT2D eigenvalue weighted by molar-refractivity contribution is -0.120. The normalized spacial score (nSPS) is 23.0. The number of benzene rings is 1. The fourth-order valence-electron chi connectivity index (χ4n) is 2.29. The van der Waals surface area contributed by atoms with Crippen LogP contribution in [0.25, 0.3) is 0 Å². The molecule has 4 nitrogen and oxygen atoms in total. The molecule has 1 heterocycles. The Bertz CT molecular complexity index is 445. The first-order chi connectivity index (χ1) is 8.61. The van der Waals surface area contributed by atoms with Crippen LogP contribution in [0.4, 0.5) is 5.69 Å². The number of amides is 1. The minimum atomic E-state index is -0.0188. The number of carbonyl (C=O) groups is 1. The molecular formula is C14H20N2O2. The summed E-state index contributed by atoms with van der Waals surface area (Å²) in [5.41, 5.74) is 1.61. The van der Waals surface area contributed by atoms with Gasteiger partial charge in [0.1, 0.15) is 5.75 Å². The number of hydrogen-bond acceptors (Lipinski definition) is 3. The monoisotopic (exact) mass is 248 g/mol. The van der Waals surface area contributed by atoms with Gasteiger partial charge in [0.15, 0.2) is 0 Å². The SMILES string of the molecule is CCc1ccc(O)c(NC(=O)[C@@H]2CNC[C@H]2C)c1. The highest BCUT2D eigenvalue weighted by Crippen LogP contribution is 2.26. The van der Waals surface area contributed by atoms with Crippen molar-refractivity contribution in [1.82, 2.24) is 5.32 Å². The molecule has 4 heteroatoms. The second-order valence-corrected chi connectivity index (χ2v) is 4.94. The highest BCUT2D eigenvalue weighted by atomic mass is 16.3. The first-order valence-corrected chi connectivity index (χ1v) is 6.45. The minimum Gasteiger partial charge on any atom is -0.506 e. The standard InChI is InChI=1S/C14H20N2O2/c1-3-10-4-5-13(17)12(6-10)16-14(18)11-8-15-7-9(11)2/h4-6,9,11,15,17H,3,7-8H2,1-2H3,(H,16,18)/t9-,11-/m1/s1. The maximum absolute atomic E-state index is 12.1. The van der Waals surface area contributed by atoms with Crippen LogP contribution in [-0.4, -0.2) is 24.1 Å². The van der Waals surface area contributed by atoms with E-state index in [-0.39, 0.29) is 17.6 Å². The van der Waals surface area contributed by atoms with Gasteiger partial charge in [-0.25, -0.2) is 0 Å². The molecule has 0 aliphatic carbocycles. The van der Waals surface area contributed by atoms with Gasteiger partial charge in [0.05, 0.1) is 11.6 Å². The lowest BCUT2D eigenvalue weighted by atomic mass is 9.97. The topological polar surface area (TPSA) is 61.4 Å². The first kappa shape index (κ1) is 12.9. The third kappa shape index (κ3) is 2.64. The van der Waals surface area contributed by atoms with Crippen molar-refractivity contribution in [1.29, 1.82) is 0 Å². The molecule has 0 unspecified atom stereocenters. The van der Waals surface area contributed by atoms with Crippen LogP contribution in [0.1, 0.15) is 19.4 Å². The van der Waals surface area contributed by atoms with E-state index in [1.807, 2.05) is 19.1 Å². The van der Waals surface area contributed by atoms with Crippen LogP contribution in [0.5, 0.6) is 5.75 Å². The molecule has 18 heavy (non-hydrogen) atoms. The zero-order valence-electron chi connectivity index (χ0n) is 10.9. The summed E-state index contributed by atoms with van der Waals surface area (Å²) in [5, 5.41) is 15.8. The third-order valence-electron chi connectivity index (χ3n) is 3.58. The summed E-state index contributed by atoms with van der Waals surface area (Å²) in [6.45, 7) is 5.69. The van der Waals surface area contributed by atoms with Gasteiger partial charge in [0.25, 0.3) is 0 Å². The second kappa shape index (κ2) is 5.40. The van der Waals surface area contributed by atoms with Crippen molar-refractivity contribution >= 4 is 11.6 Å². The Morgan fingerprint density at radius 1 is 1.50 bits per heavy atom. The molecule has 0 radical (unpaired) electrons. The number of phenols is 1. The molecule has 0 saturated carbocycles. The predicted molar refractivity (Wildman–Crippen MR) is 71.6 cm³/mol. The van der Waals surface area contributed by atoms with Crippen LogP contribution in [-0.2, 0) is 11.2 Å². The number of nitrogens with one attached hydrogen (secondary N) is 2. The van der Waals surface area contributed by atoms with E-state index in [1.54, 1.807) is 6.07 Å². The van der Waals surface area contributed by atoms with Gasteiger partial charge in [-0.05, 0) is 36.6 Å². The number of aryl methyl sites for hydroxylation is 1. The Morgan fingerprint density at radius 2 is 2.28 bits per heavy atom. The van der Waals surface area contributed by atoms with Crippen LogP contribution in [0.15, 0.2) is 18.2 Å². The van der Waals surface area contributed by atoms with E-state index in [0.29, 0.717) is 18.2 Å². The van der Waals surface area contributed by atoms with Crippen molar-refractivity contribution in [3.63, 3.8) is 0 Å². The van der Waals surface area contributed by atoms with Crippen molar-refractivity contribution in [3.05, 3.63) is 23.8 Å². The maximum Gasteiger partial charge on any atom is 0.229 e. The molecule has 1 amide bonds. The summed E-state index contributed by atoms with van der Waals surface area (Å²) in [4.78, 5) is 12.1. The average molecular weight is 248 g/mol. The molecule has 0 spiro atoms. The van der Waals surface area contributed by atoms with Gasteiger partial charge in [-0.3, -0.25) is 4.79 Å². The summed E-state index contributed by atoms with van der Waals surface area (Å²) in [7, 11) is 0.